The van der Waals surface area contributed by atoms with Crippen molar-refractivity contribution in [1.29, 1.82) is 0 Å². The molecule has 0 saturated carbocycles. The van der Waals surface area contributed by atoms with E-state index in [1.807, 2.05) is 19.1 Å². The molecule has 0 aromatic heterocycles. The van der Waals surface area contributed by atoms with Crippen LogP contribution >= 0.6 is 24.0 Å². The van der Waals surface area contributed by atoms with E-state index in [0.29, 0.717) is 17.7 Å². The zero-order valence-electron chi connectivity index (χ0n) is 15.4. The summed E-state index contributed by atoms with van der Waals surface area (Å²) in [6.07, 6.45) is 0. The van der Waals surface area contributed by atoms with Crippen LogP contribution < -0.4 is 4.90 Å². The average molecular weight is 425 g/mol. The van der Waals surface area contributed by atoms with Crippen molar-refractivity contribution in [2.24, 2.45) is 0 Å². The molecule has 0 aliphatic carbocycles. The van der Waals surface area contributed by atoms with Crippen molar-refractivity contribution in [2.75, 3.05) is 11.4 Å². The molecule has 1 saturated heterocycles. The minimum atomic E-state index is -1.25. The lowest BCUT2D eigenvalue weighted by atomic mass is 10.0. The van der Waals surface area contributed by atoms with E-state index in [1.54, 1.807) is 47.4 Å². The number of likely N-dealkylation sites (N-methyl/N-ethyl adjacent to an activating group) is 1. The third-order valence-electron chi connectivity index (χ3n) is 4.87. The Hall–Kier alpha value is -2.97. The van der Waals surface area contributed by atoms with Gasteiger partial charge in [0, 0.05) is 12.1 Å². The highest BCUT2D eigenvalue weighted by Crippen LogP contribution is 2.46. The van der Waals surface area contributed by atoms with Crippen molar-refractivity contribution < 1.29 is 19.5 Å². The van der Waals surface area contributed by atoms with E-state index in [2.05, 4.69) is 0 Å². The van der Waals surface area contributed by atoms with E-state index in [-0.39, 0.29) is 20.7 Å². The molecule has 146 valence electrons. The fourth-order valence-electron chi connectivity index (χ4n) is 3.60. The van der Waals surface area contributed by atoms with Gasteiger partial charge in [-0.1, -0.05) is 72.5 Å². The van der Waals surface area contributed by atoms with E-state index >= 15 is 0 Å². The molecule has 2 aromatic rings. The number of anilines is 1. The van der Waals surface area contributed by atoms with Gasteiger partial charge in [0.05, 0.1) is 16.2 Å². The first-order chi connectivity index (χ1) is 14.0. The standard InChI is InChI=1S/C21H16N2O4S2/c1-2-22-14-11-7-6-10-13(14)15(18(22)24)17-19(25)23(21(28)29-17)16(20(26)27)12-8-4-3-5-9-12/h3-11,16H,2H2,1H3,(H,26,27)/b17-15-. The first-order valence-electron chi connectivity index (χ1n) is 8.94. The normalized spacial score (nSPS) is 19.7. The van der Waals surface area contributed by atoms with Crippen LogP contribution in [0.5, 0.6) is 0 Å². The van der Waals surface area contributed by atoms with Gasteiger partial charge in [-0.3, -0.25) is 14.5 Å². The second kappa shape index (κ2) is 7.46. The van der Waals surface area contributed by atoms with E-state index in [4.69, 9.17) is 12.2 Å². The lowest BCUT2D eigenvalue weighted by Crippen LogP contribution is -2.37. The quantitative estimate of drug-likeness (QED) is 0.598. The first kappa shape index (κ1) is 19.4. The minimum absolute atomic E-state index is 0.119. The van der Waals surface area contributed by atoms with E-state index in [9.17, 15) is 19.5 Å². The number of hydrogen-bond acceptors (Lipinski definition) is 5. The lowest BCUT2D eigenvalue weighted by Gasteiger charge is -2.23. The third-order valence-corrected chi connectivity index (χ3v) is 6.27. The maximum Gasteiger partial charge on any atom is 0.331 e. The molecule has 2 aliphatic heterocycles. The number of aliphatic carboxylic acids is 1. The molecule has 29 heavy (non-hydrogen) atoms. The van der Waals surface area contributed by atoms with Crippen LogP contribution in [0.25, 0.3) is 5.57 Å². The Bertz CT molecular complexity index is 1080. The number of benzene rings is 2. The van der Waals surface area contributed by atoms with Gasteiger partial charge < -0.3 is 10.0 Å². The van der Waals surface area contributed by atoms with Crippen molar-refractivity contribution in [1.82, 2.24) is 4.90 Å². The molecule has 0 bridgehead atoms. The zero-order valence-corrected chi connectivity index (χ0v) is 17.0. The molecule has 2 amide bonds. The Morgan fingerprint density at radius 2 is 1.72 bits per heavy atom. The van der Waals surface area contributed by atoms with Gasteiger partial charge in [-0.15, -0.1) is 0 Å². The van der Waals surface area contributed by atoms with E-state index in [1.165, 1.54) is 0 Å². The summed E-state index contributed by atoms with van der Waals surface area (Å²) in [4.78, 5) is 41.2. The number of fused-ring (bicyclic) bond motifs is 1. The van der Waals surface area contributed by atoms with Crippen LogP contribution in [0.1, 0.15) is 24.1 Å². The van der Waals surface area contributed by atoms with Crippen molar-refractivity contribution in [3.8, 4) is 0 Å². The Labute approximate surface area is 176 Å². The van der Waals surface area contributed by atoms with Gasteiger partial charge in [0.15, 0.2) is 6.04 Å². The third kappa shape index (κ3) is 3.04. The van der Waals surface area contributed by atoms with Gasteiger partial charge in [-0.05, 0) is 18.6 Å². The molecule has 8 heteroatoms. The van der Waals surface area contributed by atoms with Gasteiger partial charge >= 0.3 is 5.97 Å². The largest absolute Gasteiger partial charge is 0.479 e. The topological polar surface area (TPSA) is 77.9 Å². The number of para-hydroxylation sites is 1. The number of carbonyl (C=O) groups excluding carboxylic acids is 2. The van der Waals surface area contributed by atoms with Crippen molar-refractivity contribution in [2.45, 2.75) is 13.0 Å². The molecule has 1 atom stereocenters. The molecule has 1 unspecified atom stereocenters. The van der Waals surface area contributed by atoms with Gasteiger partial charge in [-0.25, -0.2) is 4.79 Å². The maximum absolute atomic E-state index is 13.3. The average Bonchev–Trinajstić information content (AvgIpc) is 3.15. The van der Waals surface area contributed by atoms with Gasteiger partial charge in [0.2, 0.25) is 0 Å². The molecule has 0 radical (unpaired) electrons. The number of carboxylic acids is 1. The highest BCUT2D eigenvalue weighted by molar-refractivity contribution is 8.26. The number of nitrogens with zero attached hydrogens (tertiary/aromatic N) is 2. The smallest absolute Gasteiger partial charge is 0.331 e. The van der Waals surface area contributed by atoms with E-state index < -0.39 is 17.9 Å². The number of carbonyl (C=O) groups is 3. The Kier molecular flexibility index (Phi) is 4.97. The summed E-state index contributed by atoms with van der Waals surface area (Å²) >= 11 is 6.34. The van der Waals surface area contributed by atoms with Crippen molar-refractivity contribution in [3.63, 3.8) is 0 Å². The summed E-state index contributed by atoms with van der Waals surface area (Å²) in [5.74, 6) is -2.03. The Balaban J connectivity index is 1.83. The summed E-state index contributed by atoms with van der Waals surface area (Å²) in [6, 6.07) is 14.4. The van der Waals surface area contributed by atoms with Crippen LogP contribution in [-0.4, -0.2) is 38.7 Å². The molecule has 6 nitrogen and oxygen atoms in total. The van der Waals surface area contributed by atoms with Crippen LogP contribution in [0.15, 0.2) is 59.5 Å². The summed E-state index contributed by atoms with van der Waals surface area (Å²) < 4.78 is 0.119. The summed E-state index contributed by atoms with van der Waals surface area (Å²) in [5.41, 5.74) is 2.11. The zero-order chi connectivity index (χ0) is 20.7. The van der Waals surface area contributed by atoms with Crippen molar-refractivity contribution >= 4 is 57.3 Å². The fourth-order valence-corrected chi connectivity index (χ4v) is 4.99. The predicted octanol–water partition coefficient (Wildman–Crippen LogP) is 3.45. The molecular formula is C21H16N2O4S2. The van der Waals surface area contributed by atoms with Crippen LogP contribution in [0, 0.1) is 0 Å². The number of thiocarbonyl (C=S) groups is 1. The molecule has 1 fully saturated rings. The second-order valence-electron chi connectivity index (χ2n) is 6.47. The highest BCUT2D eigenvalue weighted by Gasteiger charge is 2.45. The molecule has 4 rings (SSSR count). The number of amides is 2. The molecule has 2 heterocycles. The fraction of sp³-hybridized carbons (Fsp3) is 0.143. The van der Waals surface area contributed by atoms with Crippen LogP contribution in [0.4, 0.5) is 5.69 Å². The van der Waals surface area contributed by atoms with Crippen molar-refractivity contribution in [3.05, 3.63) is 70.6 Å². The number of hydrogen-bond donors (Lipinski definition) is 1. The van der Waals surface area contributed by atoms with Crippen LogP contribution in [0.2, 0.25) is 0 Å². The molecule has 0 spiro atoms. The summed E-state index contributed by atoms with van der Waals surface area (Å²) in [6.45, 7) is 2.32. The monoisotopic (exact) mass is 424 g/mol. The minimum Gasteiger partial charge on any atom is -0.479 e. The van der Waals surface area contributed by atoms with Crippen LogP contribution in [-0.2, 0) is 14.4 Å². The predicted molar refractivity (Wildman–Crippen MR) is 115 cm³/mol. The van der Waals surface area contributed by atoms with Gasteiger partial charge in [0.1, 0.15) is 4.32 Å². The lowest BCUT2D eigenvalue weighted by molar-refractivity contribution is -0.145. The molecule has 1 N–H and O–H groups in total. The SMILES string of the molecule is CCN1C(=O)/C(=C2\SC(=S)N(C(C(=O)O)c3ccccc3)C2=O)c2ccccc21. The van der Waals surface area contributed by atoms with E-state index in [0.717, 1.165) is 22.3 Å². The number of rotatable bonds is 4. The molecular weight excluding hydrogens is 408 g/mol. The summed E-state index contributed by atoms with van der Waals surface area (Å²) in [7, 11) is 0. The van der Waals surface area contributed by atoms with Crippen LogP contribution in [0.3, 0.4) is 0 Å². The first-order valence-corrected chi connectivity index (χ1v) is 10.2. The number of carboxylic acid groups (broad SMARTS) is 1. The highest BCUT2D eigenvalue weighted by atomic mass is 32.2. The number of thioether (sulfide) groups is 1. The van der Waals surface area contributed by atoms with Gasteiger partial charge in [-0.2, -0.15) is 0 Å². The molecule has 2 aliphatic rings. The maximum atomic E-state index is 13.3. The second-order valence-corrected chi connectivity index (χ2v) is 8.11. The molecule has 2 aromatic carbocycles. The van der Waals surface area contributed by atoms with Gasteiger partial charge in [0.25, 0.3) is 11.8 Å². The Morgan fingerprint density at radius 1 is 1.07 bits per heavy atom. The Morgan fingerprint density at radius 3 is 2.38 bits per heavy atom. The summed E-state index contributed by atoms with van der Waals surface area (Å²) in [5, 5.41) is 9.81.